The average Bonchev–Trinajstić information content (AvgIpc) is 2.93. The third-order valence-electron chi connectivity index (χ3n) is 3.50. The Bertz CT molecular complexity index is 538. The molecule has 1 fully saturated rings. The van der Waals surface area contributed by atoms with Crippen molar-refractivity contribution in [2.75, 3.05) is 12.3 Å². The van der Waals surface area contributed by atoms with Crippen LogP contribution in [-0.2, 0) is 0 Å². The van der Waals surface area contributed by atoms with Crippen LogP contribution in [0.3, 0.4) is 0 Å². The lowest BCUT2D eigenvalue weighted by Crippen LogP contribution is -2.07. The Morgan fingerprint density at radius 2 is 2.29 bits per heavy atom. The Balaban J connectivity index is 1.98. The van der Waals surface area contributed by atoms with Crippen molar-refractivity contribution in [3.05, 3.63) is 12.5 Å². The molecule has 0 spiro atoms. The number of anilines is 1. The number of fused-ring (bicyclic) bond motifs is 1. The highest BCUT2D eigenvalue weighted by Gasteiger charge is 2.26. The Morgan fingerprint density at radius 3 is 3.06 bits per heavy atom. The Hall–Kier alpha value is -1.69. The number of nitrogen functional groups attached to an aromatic ring is 1. The Labute approximate surface area is 98.5 Å². The van der Waals surface area contributed by atoms with Crippen LogP contribution in [0, 0.1) is 5.92 Å². The van der Waals surface area contributed by atoms with Crippen molar-refractivity contribution in [1.29, 1.82) is 0 Å². The summed E-state index contributed by atoms with van der Waals surface area (Å²) in [7, 11) is 0. The van der Waals surface area contributed by atoms with Gasteiger partial charge in [-0.1, -0.05) is 0 Å². The lowest BCUT2D eigenvalue weighted by Gasteiger charge is -2.12. The van der Waals surface area contributed by atoms with Crippen molar-refractivity contribution < 1.29 is 5.11 Å². The van der Waals surface area contributed by atoms with E-state index in [1.165, 1.54) is 0 Å². The molecule has 0 aromatic carbocycles. The SMILES string of the molecule is Nc1ncc2ncn([C@H]3CC[C@@H](CO)C3)c2n1. The third-order valence-corrected chi connectivity index (χ3v) is 3.50. The number of nitrogens with zero attached hydrogens (tertiary/aromatic N) is 4. The van der Waals surface area contributed by atoms with Crippen LogP contribution >= 0.6 is 0 Å². The summed E-state index contributed by atoms with van der Waals surface area (Å²) in [6, 6.07) is 0.367. The highest BCUT2D eigenvalue weighted by molar-refractivity contribution is 5.70. The van der Waals surface area contributed by atoms with Gasteiger partial charge in [-0.3, -0.25) is 0 Å². The first-order valence-corrected chi connectivity index (χ1v) is 5.84. The largest absolute Gasteiger partial charge is 0.396 e. The number of hydrogen-bond acceptors (Lipinski definition) is 5. The first kappa shape index (κ1) is 10.5. The van der Waals surface area contributed by atoms with Gasteiger partial charge in [0.2, 0.25) is 5.95 Å². The molecule has 0 radical (unpaired) electrons. The summed E-state index contributed by atoms with van der Waals surface area (Å²) in [5.74, 6) is 0.674. The summed E-state index contributed by atoms with van der Waals surface area (Å²) in [5, 5.41) is 9.17. The summed E-state index contributed by atoms with van der Waals surface area (Å²) in [6.45, 7) is 0.264. The zero-order valence-electron chi connectivity index (χ0n) is 9.45. The molecule has 6 heteroatoms. The number of rotatable bonds is 2. The smallest absolute Gasteiger partial charge is 0.222 e. The molecule has 3 N–H and O–H groups in total. The zero-order chi connectivity index (χ0) is 11.8. The zero-order valence-corrected chi connectivity index (χ0v) is 9.45. The van der Waals surface area contributed by atoms with Crippen LogP contribution in [0.1, 0.15) is 25.3 Å². The predicted molar refractivity (Wildman–Crippen MR) is 63.2 cm³/mol. The lowest BCUT2D eigenvalue weighted by atomic mass is 10.1. The van der Waals surface area contributed by atoms with Gasteiger partial charge in [-0.25, -0.2) is 9.97 Å². The second kappa shape index (κ2) is 3.96. The van der Waals surface area contributed by atoms with Crippen LogP contribution in [0.25, 0.3) is 11.2 Å². The molecule has 3 rings (SSSR count). The van der Waals surface area contributed by atoms with Gasteiger partial charge in [-0.2, -0.15) is 4.98 Å². The van der Waals surface area contributed by atoms with E-state index in [9.17, 15) is 0 Å². The molecule has 2 heterocycles. The number of imidazole rings is 1. The van der Waals surface area contributed by atoms with Gasteiger partial charge < -0.3 is 15.4 Å². The van der Waals surface area contributed by atoms with E-state index in [-0.39, 0.29) is 12.6 Å². The summed E-state index contributed by atoms with van der Waals surface area (Å²) >= 11 is 0. The topological polar surface area (TPSA) is 89.8 Å². The quantitative estimate of drug-likeness (QED) is 0.798. The van der Waals surface area contributed by atoms with Crippen LogP contribution in [0.2, 0.25) is 0 Å². The maximum atomic E-state index is 9.17. The number of hydrogen-bond donors (Lipinski definition) is 2. The second-order valence-electron chi connectivity index (χ2n) is 4.60. The summed E-state index contributed by atoms with van der Waals surface area (Å²) in [5.41, 5.74) is 7.16. The predicted octanol–water partition coefficient (Wildman–Crippen LogP) is 0.742. The molecular weight excluding hydrogens is 218 g/mol. The van der Waals surface area contributed by atoms with E-state index in [4.69, 9.17) is 10.8 Å². The average molecular weight is 233 g/mol. The molecule has 2 aromatic heterocycles. The molecule has 1 saturated carbocycles. The third kappa shape index (κ3) is 1.74. The molecule has 0 aliphatic heterocycles. The van der Waals surface area contributed by atoms with E-state index in [1.807, 2.05) is 0 Å². The number of nitrogens with two attached hydrogens (primary N) is 1. The van der Waals surface area contributed by atoms with Crippen molar-refractivity contribution in [2.45, 2.75) is 25.3 Å². The highest BCUT2D eigenvalue weighted by atomic mass is 16.3. The van der Waals surface area contributed by atoms with E-state index in [0.29, 0.717) is 12.0 Å². The maximum Gasteiger partial charge on any atom is 0.222 e. The number of aromatic nitrogens is 4. The van der Waals surface area contributed by atoms with Crippen LogP contribution in [0.4, 0.5) is 5.95 Å². The van der Waals surface area contributed by atoms with E-state index in [2.05, 4.69) is 19.5 Å². The molecule has 1 aliphatic carbocycles. The van der Waals surface area contributed by atoms with Crippen molar-refractivity contribution in [2.24, 2.45) is 5.92 Å². The van der Waals surface area contributed by atoms with E-state index < -0.39 is 0 Å². The van der Waals surface area contributed by atoms with Gasteiger partial charge in [0, 0.05) is 12.6 Å². The molecule has 0 amide bonds. The Kier molecular flexibility index (Phi) is 2.44. The van der Waals surface area contributed by atoms with Crippen LogP contribution in [-0.4, -0.2) is 31.2 Å². The summed E-state index contributed by atoms with van der Waals surface area (Å²) < 4.78 is 2.06. The molecule has 0 unspecified atom stereocenters. The van der Waals surface area contributed by atoms with Crippen LogP contribution in [0.15, 0.2) is 12.5 Å². The summed E-state index contributed by atoms with van der Waals surface area (Å²) in [4.78, 5) is 12.4. The number of aliphatic hydroxyl groups is 1. The van der Waals surface area contributed by atoms with Gasteiger partial charge in [0.05, 0.1) is 12.5 Å². The van der Waals surface area contributed by atoms with E-state index >= 15 is 0 Å². The molecular formula is C11H15N5O. The fourth-order valence-corrected chi connectivity index (χ4v) is 2.57. The minimum Gasteiger partial charge on any atom is -0.396 e. The fourth-order valence-electron chi connectivity index (χ4n) is 2.57. The van der Waals surface area contributed by atoms with Crippen LogP contribution in [0.5, 0.6) is 0 Å². The van der Waals surface area contributed by atoms with Crippen molar-refractivity contribution in [3.63, 3.8) is 0 Å². The highest BCUT2D eigenvalue weighted by Crippen LogP contribution is 2.35. The fraction of sp³-hybridized carbons (Fsp3) is 0.545. The minimum absolute atomic E-state index is 0.264. The van der Waals surface area contributed by atoms with Gasteiger partial charge in [-0.05, 0) is 25.2 Å². The van der Waals surface area contributed by atoms with Gasteiger partial charge in [0.1, 0.15) is 5.52 Å². The summed E-state index contributed by atoms with van der Waals surface area (Å²) in [6.07, 6.45) is 6.53. The first-order valence-electron chi connectivity index (χ1n) is 5.84. The van der Waals surface area contributed by atoms with Crippen molar-refractivity contribution >= 4 is 17.1 Å². The van der Waals surface area contributed by atoms with E-state index in [1.54, 1.807) is 12.5 Å². The molecule has 2 aromatic rings. The lowest BCUT2D eigenvalue weighted by molar-refractivity contribution is 0.226. The van der Waals surface area contributed by atoms with Gasteiger partial charge in [0.15, 0.2) is 5.65 Å². The van der Waals surface area contributed by atoms with Gasteiger partial charge in [0.25, 0.3) is 0 Å². The standard InChI is InChI=1S/C11H15N5O/c12-11-13-4-9-10(15-11)16(6-14-9)8-2-1-7(3-8)5-17/h4,6-8,17H,1-3,5H2,(H2,12,13,15)/t7-,8+/m1/s1. The normalized spacial score (nSPS) is 24.5. The molecule has 1 aliphatic rings. The second-order valence-corrected chi connectivity index (χ2v) is 4.60. The van der Waals surface area contributed by atoms with Crippen molar-refractivity contribution in [3.8, 4) is 0 Å². The molecule has 2 atom stereocenters. The van der Waals surface area contributed by atoms with Crippen molar-refractivity contribution in [1.82, 2.24) is 19.5 Å². The maximum absolute atomic E-state index is 9.17. The van der Waals surface area contributed by atoms with Gasteiger partial charge in [-0.15, -0.1) is 0 Å². The number of aliphatic hydroxyl groups excluding tert-OH is 1. The van der Waals surface area contributed by atoms with Gasteiger partial charge >= 0.3 is 0 Å². The minimum atomic E-state index is 0.264. The molecule has 90 valence electrons. The van der Waals surface area contributed by atoms with Crippen LogP contribution < -0.4 is 5.73 Å². The molecule has 17 heavy (non-hydrogen) atoms. The van der Waals surface area contributed by atoms with E-state index in [0.717, 1.165) is 30.4 Å². The molecule has 6 nitrogen and oxygen atoms in total. The molecule has 0 saturated heterocycles. The monoisotopic (exact) mass is 233 g/mol. The molecule has 0 bridgehead atoms. The first-order chi connectivity index (χ1) is 8.28. The Morgan fingerprint density at radius 1 is 1.41 bits per heavy atom.